The van der Waals surface area contributed by atoms with E-state index in [4.69, 9.17) is 0 Å². The first-order valence-corrected chi connectivity index (χ1v) is 10.4. The van der Waals surface area contributed by atoms with Gasteiger partial charge < -0.3 is 10.2 Å². The summed E-state index contributed by atoms with van der Waals surface area (Å²) in [7, 11) is -3.50. The first-order chi connectivity index (χ1) is 11.9. The maximum absolute atomic E-state index is 12.9. The van der Waals surface area contributed by atoms with Crippen LogP contribution in [0.25, 0.3) is 0 Å². The Hall–Kier alpha value is -1.15. The largest absolute Gasteiger partial charge is 0.340 e. The SMILES string of the molecule is Cc1ccc(C)c(S(=O)(=O)N2CCN(C(=O)CC3CCCN3)CC2)c1.Cl. The molecule has 1 amide bonds. The van der Waals surface area contributed by atoms with Gasteiger partial charge in [-0.2, -0.15) is 4.31 Å². The van der Waals surface area contributed by atoms with Crippen molar-refractivity contribution in [1.29, 1.82) is 0 Å². The summed E-state index contributed by atoms with van der Waals surface area (Å²) in [5, 5.41) is 3.34. The fourth-order valence-corrected chi connectivity index (χ4v) is 5.30. The summed E-state index contributed by atoms with van der Waals surface area (Å²) in [6.07, 6.45) is 2.69. The van der Waals surface area contributed by atoms with Crippen molar-refractivity contribution in [3.05, 3.63) is 29.3 Å². The number of hydrogen-bond donors (Lipinski definition) is 1. The molecule has 3 rings (SSSR count). The molecule has 0 aromatic heterocycles. The number of amides is 1. The molecule has 1 N–H and O–H groups in total. The Morgan fingerprint density at radius 2 is 1.88 bits per heavy atom. The standard InChI is InChI=1S/C18H27N3O3S.ClH/c1-14-5-6-15(2)17(12-14)25(23,24)21-10-8-20(9-11-21)18(22)13-16-4-3-7-19-16;/h5-6,12,16,19H,3-4,7-11,13H2,1-2H3;1H. The van der Waals surface area contributed by atoms with Gasteiger partial charge in [0.1, 0.15) is 0 Å². The highest BCUT2D eigenvalue weighted by atomic mass is 35.5. The molecule has 2 aliphatic rings. The monoisotopic (exact) mass is 401 g/mol. The predicted molar refractivity (Wildman–Crippen MR) is 104 cm³/mol. The first-order valence-electron chi connectivity index (χ1n) is 8.96. The van der Waals surface area contributed by atoms with Crippen LogP contribution >= 0.6 is 12.4 Å². The van der Waals surface area contributed by atoms with Gasteiger partial charge in [0.25, 0.3) is 0 Å². The topological polar surface area (TPSA) is 69.7 Å². The summed E-state index contributed by atoms with van der Waals surface area (Å²) in [6.45, 7) is 6.36. The number of sulfonamides is 1. The van der Waals surface area contributed by atoms with Gasteiger partial charge in [0, 0.05) is 38.6 Å². The van der Waals surface area contributed by atoms with Gasteiger partial charge in [0.2, 0.25) is 15.9 Å². The lowest BCUT2D eigenvalue weighted by atomic mass is 10.1. The van der Waals surface area contributed by atoms with Crippen molar-refractivity contribution in [3.8, 4) is 0 Å². The molecule has 146 valence electrons. The third-order valence-corrected chi connectivity index (χ3v) is 7.18. The van der Waals surface area contributed by atoms with Gasteiger partial charge >= 0.3 is 0 Å². The average molecular weight is 402 g/mol. The molecule has 2 saturated heterocycles. The summed E-state index contributed by atoms with van der Waals surface area (Å²) < 4.78 is 27.4. The number of hydrogen-bond acceptors (Lipinski definition) is 4. The fourth-order valence-electron chi connectivity index (χ4n) is 3.57. The van der Waals surface area contributed by atoms with Crippen molar-refractivity contribution in [3.63, 3.8) is 0 Å². The van der Waals surface area contributed by atoms with Crippen LogP contribution in [-0.2, 0) is 14.8 Å². The Balaban J connectivity index is 0.00000243. The third-order valence-electron chi connectivity index (χ3n) is 5.14. The van der Waals surface area contributed by atoms with Crippen LogP contribution in [0.3, 0.4) is 0 Å². The van der Waals surface area contributed by atoms with E-state index in [0.717, 1.165) is 30.5 Å². The van der Waals surface area contributed by atoms with Gasteiger partial charge in [0.05, 0.1) is 4.90 Å². The Labute approximate surface area is 162 Å². The van der Waals surface area contributed by atoms with E-state index in [0.29, 0.717) is 37.5 Å². The quantitative estimate of drug-likeness (QED) is 0.833. The van der Waals surface area contributed by atoms with E-state index < -0.39 is 10.0 Å². The number of carbonyl (C=O) groups excluding carboxylic acids is 1. The van der Waals surface area contributed by atoms with E-state index in [2.05, 4.69) is 5.32 Å². The summed E-state index contributed by atoms with van der Waals surface area (Å²) in [5.74, 6) is 0.128. The Kier molecular flexibility index (Phi) is 7.07. The molecule has 1 unspecified atom stereocenters. The minimum atomic E-state index is -3.50. The number of piperazine rings is 1. The smallest absolute Gasteiger partial charge is 0.243 e. The van der Waals surface area contributed by atoms with Crippen LogP contribution < -0.4 is 5.32 Å². The molecular weight excluding hydrogens is 374 g/mol. The highest BCUT2D eigenvalue weighted by molar-refractivity contribution is 7.89. The van der Waals surface area contributed by atoms with Crippen molar-refractivity contribution in [2.75, 3.05) is 32.7 Å². The summed E-state index contributed by atoms with van der Waals surface area (Å²) >= 11 is 0. The number of benzene rings is 1. The molecule has 6 nitrogen and oxygen atoms in total. The van der Waals surface area contributed by atoms with Crippen LogP contribution in [0.2, 0.25) is 0 Å². The number of aryl methyl sites for hydroxylation is 2. The molecule has 0 radical (unpaired) electrons. The maximum Gasteiger partial charge on any atom is 0.243 e. The Morgan fingerprint density at radius 1 is 1.19 bits per heavy atom. The number of carbonyl (C=O) groups is 1. The van der Waals surface area contributed by atoms with Crippen molar-refractivity contribution < 1.29 is 13.2 Å². The highest BCUT2D eigenvalue weighted by Crippen LogP contribution is 2.22. The zero-order chi connectivity index (χ0) is 18.0. The second kappa shape index (κ2) is 8.69. The van der Waals surface area contributed by atoms with E-state index in [9.17, 15) is 13.2 Å². The molecule has 26 heavy (non-hydrogen) atoms. The summed E-state index contributed by atoms with van der Waals surface area (Å²) in [4.78, 5) is 14.6. The first kappa shape index (κ1) is 21.2. The fraction of sp³-hybridized carbons (Fsp3) is 0.611. The molecule has 1 atom stereocenters. The van der Waals surface area contributed by atoms with Gasteiger partial charge in [-0.15, -0.1) is 12.4 Å². The lowest BCUT2D eigenvalue weighted by Crippen LogP contribution is -2.51. The summed E-state index contributed by atoms with van der Waals surface area (Å²) in [5.41, 5.74) is 1.69. The molecule has 0 saturated carbocycles. The normalized spacial score (nSPS) is 21.5. The number of nitrogens with one attached hydrogen (secondary N) is 1. The molecule has 0 spiro atoms. The molecule has 2 heterocycles. The van der Waals surface area contributed by atoms with Crippen molar-refractivity contribution in [2.45, 2.75) is 44.0 Å². The molecule has 1 aromatic carbocycles. The summed E-state index contributed by atoms with van der Waals surface area (Å²) in [6, 6.07) is 5.77. The van der Waals surface area contributed by atoms with Crippen molar-refractivity contribution in [2.24, 2.45) is 0 Å². The second-order valence-electron chi connectivity index (χ2n) is 7.05. The minimum Gasteiger partial charge on any atom is -0.340 e. The molecule has 2 aliphatic heterocycles. The van der Waals surface area contributed by atoms with Crippen LogP contribution in [0.1, 0.15) is 30.4 Å². The van der Waals surface area contributed by atoms with Crippen LogP contribution in [-0.4, -0.2) is 62.3 Å². The van der Waals surface area contributed by atoms with Crippen molar-refractivity contribution >= 4 is 28.3 Å². The third kappa shape index (κ3) is 4.57. The lowest BCUT2D eigenvalue weighted by molar-refractivity contribution is -0.132. The molecule has 1 aromatic rings. The maximum atomic E-state index is 12.9. The van der Waals surface area contributed by atoms with Gasteiger partial charge in [-0.05, 0) is 50.4 Å². The molecule has 8 heteroatoms. The number of rotatable bonds is 4. The highest BCUT2D eigenvalue weighted by Gasteiger charge is 2.31. The van der Waals surface area contributed by atoms with Gasteiger partial charge in [-0.3, -0.25) is 4.79 Å². The van der Waals surface area contributed by atoms with Crippen LogP contribution in [0.15, 0.2) is 23.1 Å². The van der Waals surface area contributed by atoms with E-state index in [-0.39, 0.29) is 24.4 Å². The Bertz CT molecular complexity index is 740. The number of nitrogens with zero attached hydrogens (tertiary/aromatic N) is 2. The predicted octanol–water partition coefficient (Wildman–Crippen LogP) is 1.70. The van der Waals surface area contributed by atoms with E-state index in [1.54, 1.807) is 11.0 Å². The lowest BCUT2D eigenvalue weighted by Gasteiger charge is -2.34. The van der Waals surface area contributed by atoms with Gasteiger partial charge in [0.15, 0.2) is 0 Å². The van der Waals surface area contributed by atoms with Crippen LogP contribution in [0.4, 0.5) is 0 Å². The van der Waals surface area contributed by atoms with Gasteiger partial charge in [-0.1, -0.05) is 12.1 Å². The van der Waals surface area contributed by atoms with Crippen LogP contribution in [0.5, 0.6) is 0 Å². The van der Waals surface area contributed by atoms with E-state index >= 15 is 0 Å². The molecular formula is C18H28ClN3O3S. The van der Waals surface area contributed by atoms with Gasteiger partial charge in [-0.25, -0.2) is 8.42 Å². The Morgan fingerprint density at radius 3 is 2.50 bits per heavy atom. The zero-order valence-corrected chi connectivity index (χ0v) is 17.0. The van der Waals surface area contributed by atoms with Crippen molar-refractivity contribution in [1.82, 2.24) is 14.5 Å². The van der Waals surface area contributed by atoms with E-state index in [1.807, 2.05) is 26.0 Å². The second-order valence-corrected chi connectivity index (χ2v) is 8.96. The molecule has 2 fully saturated rings. The zero-order valence-electron chi connectivity index (χ0n) is 15.4. The average Bonchev–Trinajstić information content (AvgIpc) is 3.10. The minimum absolute atomic E-state index is 0. The number of halogens is 1. The molecule has 0 bridgehead atoms. The van der Waals surface area contributed by atoms with Crippen LogP contribution in [0, 0.1) is 13.8 Å². The van der Waals surface area contributed by atoms with E-state index in [1.165, 1.54) is 4.31 Å². The molecule has 0 aliphatic carbocycles.